The second-order valence-corrected chi connectivity index (χ2v) is 8.82. The maximum atomic E-state index is 13.0. The highest BCUT2D eigenvalue weighted by molar-refractivity contribution is 6.11. The van der Waals surface area contributed by atoms with Crippen LogP contribution in [0.1, 0.15) is 35.8 Å². The summed E-state index contributed by atoms with van der Waals surface area (Å²) in [7, 11) is 2.01. The van der Waals surface area contributed by atoms with Crippen LogP contribution in [0.2, 0.25) is 0 Å². The molecule has 1 aliphatic heterocycles. The summed E-state index contributed by atoms with van der Waals surface area (Å²) >= 11 is 0. The zero-order valence-corrected chi connectivity index (χ0v) is 19.6. The van der Waals surface area contributed by atoms with E-state index in [-0.39, 0.29) is 5.91 Å². The highest BCUT2D eigenvalue weighted by Gasteiger charge is 2.17. The van der Waals surface area contributed by atoms with Crippen molar-refractivity contribution in [1.82, 2.24) is 25.1 Å². The van der Waals surface area contributed by atoms with Crippen molar-refractivity contribution in [2.45, 2.75) is 26.3 Å². The van der Waals surface area contributed by atoms with Crippen molar-refractivity contribution in [3.05, 3.63) is 66.2 Å². The zero-order chi connectivity index (χ0) is 23.5. The summed E-state index contributed by atoms with van der Waals surface area (Å²) in [4.78, 5) is 26.4. The van der Waals surface area contributed by atoms with Gasteiger partial charge in [0.05, 0.1) is 17.4 Å². The molecule has 1 fully saturated rings. The average molecular weight is 456 g/mol. The first-order valence-corrected chi connectivity index (χ1v) is 11.7. The van der Waals surface area contributed by atoms with Crippen molar-refractivity contribution in [3.8, 4) is 11.1 Å². The molecule has 1 aromatic carbocycles. The van der Waals surface area contributed by atoms with Gasteiger partial charge in [0.15, 0.2) is 5.69 Å². The molecule has 1 amide bonds. The quantitative estimate of drug-likeness (QED) is 0.411. The van der Waals surface area contributed by atoms with Gasteiger partial charge < -0.3 is 10.2 Å². The lowest BCUT2D eigenvalue weighted by molar-refractivity contribution is 0.102. The number of rotatable bonds is 8. The number of aromatic nitrogens is 4. The van der Waals surface area contributed by atoms with Crippen LogP contribution < -0.4 is 10.2 Å². The number of nitrogens with one attached hydrogen (secondary N) is 2. The minimum Gasteiger partial charge on any atom is -0.360 e. The second-order valence-electron chi connectivity index (χ2n) is 8.82. The van der Waals surface area contributed by atoms with Gasteiger partial charge in [-0.25, -0.2) is 4.98 Å². The van der Waals surface area contributed by atoms with Gasteiger partial charge in [0.2, 0.25) is 0 Å². The SMILES string of the molecule is CCCN(C)c1ccc(NC(=O)c2n[nH]c3ccc(-c4cncc(CN5CCC5)c4)cc23)cn1. The lowest BCUT2D eigenvalue weighted by atomic mass is 10.0. The van der Waals surface area contributed by atoms with Gasteiger partial charge in [-0.05, 0) is 67.4 Å². The summed E-state index contributed by atoms with van der Waals surface area (Å²) in [6.07, 6.45) is 7.78. The maximum Gasteiger partial charge on any atom is 0.276 e. The van der Waals surface area contributed by atoms with Gasteiger partial charge in [0, 0.05) is 43.5 Å². The Morgan fingerprint density at radius 3 is 2.74 bits per heavy atom. The fourth-order valence-corrected chi connectivity index (χ4v) is 4.22. The Morgan fingerprint density at radius 1 is 1.12 bits per heavy atom. The minimum atomic E-state index is -0.274. The molecule has 0 radical (unpaired) electrons. The van der Waals surface area contributed by atoms with Crippen LogP contribution in [-0.4, -0.2) is 57.7 Å². The van der Waals surface area contributed by atoms with Gasteiger partial charge in [0.25, 0.3) is 5.91 Å². The molecule has 8 heteroatoms. The Labute approximate surface area is 199 Å². The van der Waals surface area contributed by atoms with E-state index in [0.29, 0.717) is 11.4 Å². The number of carbonyl (C=O) groups is 1. The summed E-state index contributed by atoms with van der Waals surface area (Å²) in [6.45, 7) is 6.28. The molecule has 8 nitrogen and oxygen atoms in total. The largest absolute Gasteiger partial charge is 0.360 e. The van der Waals surface area contributed by atoms with E-state index >= 15 is 0 Å². The third-order valence-electron chi connectivity index (χ3n) is 6.22. The first-order chi connectivity index (χ1) is 16.6. The summed E-state index contributed by atoms with van der Waals surface area (Å²) in [5.74, 6) is 0.601. The first-order valence-electron chi connectivity index (χ1n) is 11.7. The van der Waals surface area contributed by atoms with E-state index in [1.54, 1.807) is 6.20 Å². The van der Waals surface area contributed by atoms with Crippen LogP contribution in [-0.2, 0) is 6.54 Å². The van der Waals surface area contributed by atoms with Crippen molar-refractivity contribution in [2.24, 2.45) is 0 Å². The molecule has 0 unspecified atom stereocenters. The van der Waals surface area contributed by atoms with Gasteiger partial charge in [-0.3, -0.25) is 19.8 Å². The molecule has 1 aliphatic rings. The van der Waals surface area contributed by atoms with Crippen molar-refractivity contribution in [3.63, 3.8) is 0 Å². The van der Waals surface area contributed by atoms with Crippen LogP contribution >= 0.6 is 0 Å². The highest BCUT2D eigenvalue weighted by atomic mass is 16.1. The molecule has 0 spiro atoms. The van der Waals surface area contributed by atoms with E-state index < -0.39 is 0 Å². The molecule has 3 aromatic heterocycles. The smallest absolute Gasteiger partial charge is 0.276 e. The summed E-state index contributed by atoms with van der Waals surface area (Å²) in [6, 6.07) is 11.9. The molecule has 0 aliphatic carbocycles. The molecule has 4 heterocycles. The minimum absolute atomic E-state index is 0.274. The van der Waals surface area contributed by atoms with Crippen molar-refractivity contribution in [1.29, 1.82) is 0 Å². The van der Waals surface area contributed by atoms with Gasteiger partial charge in [-0.1, -0.05) is 13.0 Å². The molecule has 0 saturated carbocycles. The number of pyridine rings is 2. The number of H-pyrrole nitrogens is 1. The van der Waals surface area contributed by atoms with E-state index in [9.17, 15) is 4.79 Å². The Balaban J connectivity index is 1.36. The molecule has 0 bridgehead atoms. The average Bonchev–Trinajstić information content (AvgIpc) is 3.26. The third kappa shape index (κ3) is 4.63. The van der Waals surface area contributed by atoms with Crippen LogP contribution in [0.15, 0.2) is 55.0 Å². The molecular formula is C26H29N7O. The van der Waals surface area contributed by atoms with Crippen LogP contribution in [0.5, 0.6) is 0 Å². The number of benzene rings is 1. The summed E-state index contributed by atoms with van der Waals surface area (Å²) < 4.78 is 0. The fourth-order valence-electron chi connectivity index (χ4n) is 4.22. The predicted molar refractivity (Wildman–Crippen MR) is 135 cm³/mol. The van der Waals surface area contributed by atoms with Gasteiger partial charge in [-0.15, -0.1) is 0 Å². The number of carbonyl (C=O) groups excluding carboxylic acids is 1. The van der Waals surface area contributed by atoms with Crippen molar-refractivity contribution < 1.29 is 4.79 Å². The number of nitrogens with zero attached hydrogens (tertiary/aromatic N) is 5. The number of hydrogen-bond donors (Lipinski definition) is 2. The molecule has 0 atom stereocenters. The van der Waals surface area contributed by atoms with Crippen LogP contribution in [0.3, 0.4) is 0 Å². The Morgan fingerprint density at radius 2 is 2.00 bits per heavy atom. The summed E-state index contributed by atoms with van der Waals surface area (Å²) in [5.41, 5.74) is 5.04. The van der Waals surface area contributed by atoms with Crippen LogP contribution in [0.4, 0.5) is 11.5 Å². The first kappa shape index (κ1) is 22.0. The van der Waals surface area contributed by atoms with E-state index in [0.717, 1.165) is 60.4 Å². The van der Waals surface area contributed by atoms with Crippen LogP contribution in [0.25, 0.3) is 22.0 Å². The standard InChI is InChI=1S/C26H29N7O/c1-3-9-32(2)24-8-6-21(16-28-24)29-26(34)25-22-13-19(5-7-23(22)30-31-25)20-12-18(14-27-15-20)17-33-10-4-11-33/h5-8,12-16H,3-4,9-11,17H2,1-2H3,(H,29,34)(H,30,31). The number of hydrogen-bond acceptors (Lipinski definition) is 6. The Bertz CT molecular complexity index is 1290. The Hall–Kier alpha value is -3.78. The molecule has 174 valence electrons. The number of fused-ring (bicyclic) bond motifs is 1. The third-order valence-corrected chi connectivity index (χ3v) is 6.22. The molecule has 4 aromatic rings. The lowest BCUT2D eigenvalue weighted by Crippen LogP contribution is -2.36. The maximum absolute atomic E-state index is 13.0. The number of likely N-dealkylation sites (tertiary alicyclic amines) is 1. The molecule has 2 N–H and O–H groups in total. The van der Waals surface area contributed by atoms with E-state index in [1.807, 2.05) is 49.8 Å². The number of aromatic amines is 1. The zero-order valence-electron chi connectivity index (χ0n) is 19.6. The molecule has 5 rings (SSSR count). The van der Waals surface area contributed by atoms with E-state index in [1.165, 1.54) is 12.0 Å². The van der Waals surface area contributed by atoms with Crippen molar-refractivity contribution >= 4 is 28.3 Å². The highest BCUT2D eigenvalue weighted by Crippen LogP contribution is 2.27. The van der Waals surface area contributed by atoms with Gasteiger partial charge in [-0.2, -0.15) is 5.10 Å². The van der Waals surface area contributed by atoms with Crippen molar-refractivity contribution in [2.75, 3.05) is 36.9 Å². The Kier molecular flexibility index (Phi) is 6.22. The van der Waals surface area contributed by atoms with E-state index in [2.05, 4.69) is 48.3 Å². The van der Waals surface area contributed by atoms with Gasteiger partial charge >= 0.3 is 0 Å². The predicted octanol–water partition coefficient (Wildman–Crippen LogP) is 4.32. The number of amides is 1. The molecular weight excluding hydrogens is 426 g/mol. The van der Waals surface area contributed by atoms with E-state index in [4.69, 9.17) is 0 Å². The molecule has 34 heavy (non-hydrogen) atoms. The normalized spacial score (nSPS) is 13.6. The second kappa shape index (κ2) is 9.61. The fraction of sp³-hybridized carbons (Fsp3) is 0.308. The monoisotopic (exact) mass is 455 g/mol. The van der Waals surface area contributed by atoms with Gasteiger partial charge in [0.1, 0.15) is 5.82 Å². The molecule has 1 saturated heterocycles. The topological polar surface area (TPSA) is 90.0 Å². The number of anilines is 2. The lowest BCUT2D eigenvalue weighted by Gasteiger charge is -2.30. The summed E-state index contributed by atoms with van der Waals surface area (Å²) in [5, 5.41) is 10.9. The van der Waals surface area contributed by atoms with Crippen LogP contribution in [0, 0.1) is 0 Å².